The average Bonchev–Trinajstić information content (AvgIpc) is 3.20. The molecule has 0 aliphatic carbocycles. The normalized spacial score (nSPS) is 18.7. The maximum Gasteiger partial charge on any atom is 0.158 e. The third-order valence-electron chi connectivity index (χ3n) is 5.66. The number of aromatic nitrogens is 3. The van der Waals surface area contributed by atoms with E-state index in [1.807, 2.05) is 12.3 Å². The number of benzene rings is 1. The molecule has 1 aliphatic rings. The number of carbonyl (C=O) groups excluding carboxylic acids is 1. The highest BCUT2D eigenvalue weighted by Crippen LogP contribution is 2.29. The second kappa shape index (κ2) is 9.20. The van der Waals surface area contributed by atoms with E-state index in [-0.39, 0.29) is 16.7 Å². The molecule has 164 valence electrons. The first kappa shape index (κ1) is 21.5. The summed E-state index contributed by atoms with van der Waals surface area (Å²) >= 11 is 5.91. The van der Waals surface area contributed by atoms with Gasteiger partial charge < -0.3 is 20.3 Å². The van der Waals surface area contributed by atoms with Crippen LogP contribution in [0.4, 0.5) is 15.9 Å². The molecule has 1 fully saturated rings. The van der Waals surface area contributed by atoms with Crippen molar-refractivity contribution in [3.63, 3.8) is 0 Å². The Kier molecular flexibility index (Phi) is 6.38. The van der Waals surface area contributed by atoms with Gasteiger partial charge in [-0.15, -0.1) is 0 Å². The molecule has 0 saturated carbocycles. The molecule has 4 rings (SSSR count). The monoisotopic (exact) mass is 445 g/mol. The predicted octanol–water partition coefficient (Wildman–Crippen LogP) is 3.79. The quantitative estimate of drug-likeness (QED) is 0.512. The Morgan fingerprint density at radius 3 is 3.03 bits per heavy atom. The lowest BCUT2D eigenvalue weighted by Crippen LogP contribution is -2.42. The Bertz CT molecular complexity index is 1050. The van der Waals surface area contributed by atoms with Gasteiger partial charge in [0.15, 0.2) is 5.78 Å². The average molecular weight is 446 g/mol. The highest BCUT2D eigenvalue weighted by Gasteiger charge is 2.29. The predicted molar refractivity (Wildman–Crippen MR) is 119 cm³/mol. The molecule has 1 aromatic carbocycles. The van der Waals surface area contributed by atoms with Crippen LogP contribution in [0.15, 0.2) is 36.8 Å². The first-order chi connectivity index (χ1) is 14.9. The second-order valence-corrected chi connectivity index (χ2v) is 8.52. The lowest BCUT2D eigenvalue weighted by molar-refractivity contribution is -0.122. The Hall–Kier alpha value is -2.71. The van der Waals surface area contributed by atoms with E-state index in [2.05, 4.69) is 25.2 Å². The van der Waals surface area contributed by atoms with Crippen LogP contribution >= 0.6 is 11.6 Å². The highest BCUT2D eigenvalue weighted by molar-refractivity contribution is 6.30. The van der Waals surface area contributed by atoms with Gasteiger partial charge in [0.25, 0.3) is 0 Å². The molecule has 1 saturated heterocycles. The van der Waals surface area contributed by atoms with Gasteiger partial charge in [0, 0.05) is 36.4 Å². The van der Waals surface area contributed by atoms with Crippen molar-refractivity contribution in [2.45, 2.75) is 38.3 Å². The third-order valence-corrected chi connectivity index (χ3v) is 5.87. The lowest BCUT2D eigenvalue weighted by Gasteiger charge is -2.34. The molecule has 0 spiro atoms. The van der Waals surface area contributed by atoms with Crippen LogP contribution < -0.4 is 10.2 Å². The van der Waals surface area contributed by atoms with Gasteiger partial charge in [-0.2, -0.15) is 0 Å². The molecule has 9 heteroatoms. The van der Waals surface area contributed by atoms with E-state index in [0.29, 0.717) is 18.7 Å². The summed E-state index contributed by atoms with van der Waals surface area (Å²) in [5.41, 5.74) is 1.15. The number of Topliss-reactive ketones (excluding diaryl/α,β-unsaturated/α-hetero) is 1. The molecule has 2 aromatic heterocycles. The molecule has 0 bridgehead atoms. The number of nitrogens with one attached hydrogen (secondary N) is 2. The molecule has 0 unspecified atom stereocenters. The van der Waals surface area contributed by atoms with Gasteiger partial charge in [0.05, 0.1) is 11.5 Å². The van der Waals surface area contributed by atoms with Gasteiger partial charge in [-0.1, -0.05) is 11.6 Å². The first-order valence-electron chi connectivity index (χ1n) is 10.4. The molecule has 7 nitrogen and oxygen atoms in total. The number of piperidine rings is 1. The van der Waals surface area contributed by atoms with Crippen molar-refractivity contribution in [3.8, 4) is 0 Å². The van der Waals surface area contributed by atoms with E-state index in [0.717, 1.165) is 36.2 Å². The Morgan fingerprint density at radius 2 is 2.26 bits per heavy atom. The van der Waals surface area contributed by atoms with Crippen molar-refractivity contribution >= 4 is 39.9 Å². The molecule has 0 amide bonds. The zero-order chi connectivity index (χ0) is 22.0. The highest BCUT2D eigenvalue weighted by atomic mass is 35.5. The summed E-state index contributed by atoms with van der Waals surface area (Å²) in [6.07, 6.45) is 4.62. The van der Waals surface area contributed by atoms with Crippen molar-refractivity contribution < 1.29 is 14.3 Å². The number of rotatable bonds is 7. The van der Waals surface area contributed by atoms with Crippen LogP contribution in [-0.4, -0.2) is 51.1 Å². The van der Waals surface area contributed by atoms with Gasteiger partial charge in [-0.05, 0) is 49.9 Å². The largest absolute Gasteiger partial charge is 0.391 e. The van der Waals surface area contributed by atoms with E-state index in [1.165, 1.54) is 18.2 Å². The van der Waals surface area contributed by atoms with Crippen LogP contribution in [0, 0.1) is 11.7 Å². The minimum atomic E-state index is -0.935. The summed E-state index contributed by atoms with van der Waals surface area (Å²) < 4.78 is 13.7. The van der Waals surface area contributed by atoms with Gasteiger partial charge >= 0.3 is 0 Å². The molecule has 3 aromatic rings. The number of aliphatic hydroxyl groups is 1. The lowest BCUT2D eigenvalue weighted by atomic mass is 9.89. The number of fused-ring (bicyclic) bond motifs is 1. The number of aromatic amines is 1. The van der Waals surface area contributed by atoms with E-state index in [1.54, 1.807) is 13.3 Å². The maximum atomic E-state index is 13.7. The topological polar surface area (TPSA) is 94.1 Å². The summed E-state index contributed by atoms with van der Waals surface area (Å²) in [4.78, 5) is 27.0. The maximum absolute atomic E-state index is 13.7. The zero-order valence-electron chi connectivity index (χ0n) is 17.2. The summed E-state index contributed by atoms with van der Waals surface area (Å²) in [6, 6.07) is 5.10. The second-order valence-electron chi connectivity index (χ2n) is 8.08. The Labute approximate surface area is 184 Å². The van der Waals surface area contributed by atoms with Crippen molar-refractivity contribution in [1.82, 2.24) is 15.0 Å². The number of H-pyrrole nitrogens is 1. The molecule has 0 radical (unpaired) electrons. The number of anilines is 2. The summed E-state index contributed by atoms with van der Waals surface area (Å²) in [7, 11) is 0. The smallest absolute Gasteiger partial charge is 0.158 e. The van der Waals surface area contributed by atoms with E-state index >= 15 is 0 Å². The van der Waals surface area contributed by atoms with Crippen LogP contribution in [0.5, 0.6) is 0 Å². The Morgan fingerprint density at radius 1 is 1.42 bits per heavy atom. The van der Waals surface area contributed by atoms with Crippen LogP contribution in [0.1, 0.15) is 26.2 Å². The summed E-state index contributed by atoms with van der Waals surface area (Å²) in [5, 5.41) is 14.3. The van der Waals surface area contributed by atoms with Gasteiger partial charge in [0.2, 0.25) is 0 Å². The molecular weight excluding hydrogens is 421 g/mol. The van der Waals surface area contributed by atoms with E-state index < -0.39 is 18.0 Å². The van der Waals surface area contributed by atoms with Gasteiger partial charge in [-0.3, -0.25) is 4.79 Å². The van der Waals surface area contributed by atoms with Crippen LogP contribution in [0.3, 0.4) is 0 Å². The van der Waals surface area contributed by atoms with Crippen molar-refractivity contribution in [1.29, 1.82) is 0 Å². The van der Waals surface area contributed by atoms with Crippen LogP contribution in [-0.2, 0) is 4.79 Å². The number of hydrogen-bond acceptors (Lipinski definition) is 6. The molecule has 3 heterocycles. The number of halogens is 2. The van der Waals surface area contributed by atoms with Crippen LogP contribution in [0.2, 0.25) is 5.02 Å². The molecule has 3 N–H and O–H groups in total. The van der Waals surface area contributed by atoms with Crippen molar-refractivity contribution in [2.24, 2.45) is 5.92 Å². The minimum Gasteiger partial charge on any atom is -0.391 e. The number of hydrogen-bond donors (Lipinski definition) is 3. The third kappa shape index (κ3) is 4.97. The summed E-state index contributed by atoms with van der Waals surface area (Å²) in [6.45, 7) is 3.11. The fourth-order valence-electron chi connectivity index (χ4n) is 4.23. The van der Waals surface area contributed by atoms with Crippen molar-refractivity contribution in [3.05, 3.63) is 47.6 Å². The number of aliphatic hydroxyl groups excluding tert-OH is 1. The van der Waals surface area contributed by atoms with Crippen LogP contribution in [0.25, 0.3) is 11.0 Å². The van der Waals surface area contributed by atoms with E-state index in [4.69, 9.17) is 11.6 Å². The number of ketones is 1. The zero-order valence-corrected chi connectivity index (χ0v) is 17.9. The van der Waals surface area contributed by atoms with Crippen molar-refractivity contribution in [2.75, 3.05) is 23.3 Å². The molecular formula is C22H25ClFN5O2. The summed E-state index contributed by atoms with van der Waals surface area (Å²) in [5.74, 6) is 0.375. The molecule has 1 aliphatic heterocycles. The van der Waals surface area contributed by atoms with Gasteiger partial charge in [0.1, 0.15) is 29.7 Å². The fourth-order valence-corrected chi connectivity index (χ4v) is 4.45. The Balaban J connectivity index is 1.45. The van der Waals surface area contributed by atoms with E-state index in [9.17, 15) is 14.3 Å². The minimum absolute atomic E-state index is 0.114. The number of nitrogens with zero attached hydrogens (tertiary/aromatic N) is 3. The van der Waals surface area contributed by atoms with Gasteiger partial charge in [-0.25, -0.2) is 14.4 Å². The SMILES string of the molecule is C[C@@H](O)[C@@H](Nc1cc(F)cc(Cl)c1)C(=O)C[C@@H]1CCCN(c2ncnc3[nH]ccc23)C1. The standard InChI is InChI=1S/C22H25ClFN5O2/c1-13(30)20(28-17-9-15(23)8-16(24)10-17)19(31)7-14-3-2-6-29(11-14)22-18-4-5-25-21(18)26-12-27-22/h4-5,8-10,12-14,20,28,30H,2-3,6-7,11H2,1H3,(H,25,26,27)/t13-,14+,20-/m1/s1. The molecule has 31 heavy (non-hydrogen) atoms. The number of carbonyl (C=O) groups is 1. The molecule has 3 atom stereocenters. The first-order valence-corrected chi connectivity index (χ1v) is 10.7. The fraction of sp³-hybridized carbons (Fsp3) is 0.409.